The highest BCUT2D eigenvalue weighted by atomic mass is 16.5. The van der Waals surface area contributed by atoms with Crippen LogP contribution in [0.2, 0.25) is 0 Å². The fraction of sp³-hybridized carbons (Fsp3) is 0.381. The Kier molecular flexibility index (Phi) is 6.63. The number of carbonyl (C=O) groups is 1. The van der Waals surface area contributed by atoms with E-state index < -0.39 is 0 Å². The number of hydrogen-bond donors (Lipinski definition) is 2. The van der Waals surface area contributed by atoms with Crippen molar-refractivity contribution < 1.29 is 9.53 Å². The average Bonchev–Trinajstić information content (AvgIpc) is 2.68. The molecule has 0 atom stereocenters. The van der Waals surface area contributed by atoms with Crippen LogP contribution in [0, 0.1) is 6.92 Å². The van der Waals surface area contributed by atoms with Gasteiger partial charge in [0, 0.05) is 39.3 Å². The molecule has 0 aliphatic carbocycles. The van der Waals surface area contributed by atoms with Gasteiger partial charge in [0.15, 0.2) is 0 Å². The van der Waals surface area contributed by atoms with Crippen molar-refractivity contribution in [3.63, 3.8) is 0 Å². The summed E-state index contributed by atoms with van der Waals surface area (Å²) in [4.78, 5) is 14.9. The van der Waals surface area contributed by atoms with Gasteiger partial charge in [0.1, 0.15) is 12.4 Å². The zero-order chi connectivity index (χ0) is 18.2. The van der Waals surface area contributed by atoms with Crippen molar-refractivity contribution >= 4 is 5.91 Å². The quantitative estimate of drug-likeness (QED) is 0.801. The van der Waals surface area contributed by atoms with Gasteiger partial charge >= 0.3 is 0 Å². The standard InChI is InChI=1S/C21H27N3O2/c1-17-6-2-3-7-18(17)16-26-20-9-5-4-8-19(20)21(25)23-12-15-24-13-10-22-11-14-24/h2-9,22H,10-16H2,1H3,(H,23,25). The van der Waals surface area contributed by atoms with E-state index in [9.17, 15) is 4.79 Å². The van der Waals surface area contributed by atoms with Crippen LogP contribution in [0.1, 0.15) is 21.5 Å². The van der Waals surface area contributed by atoms with Gasteiger partial charge in [0.25, 0.3) is 5.91 Å². The first kappa shape index (κ1) is 18.4. The fourth-order valence-corrected chi connectivity index (χ4v) is 3.07. The van der Waals surface area contributed by atoms with Gasteiger partial charge in [-0.25, -0.2) is 0 Å². The molecule has 3 rings (SSSR count). The Morgan fingerprint density at radius 1 is 1.12 bits per heavy atom. The monoisotopic (exact) mass is 353 g/mol. The van der Waals surface area contributed by atoms with E-state index in [0.717, 1.165) is 38.3 Å². The molecule has 0 radical (unpaired) electrons. The molecule has 5 nitrogen and oxygen atoms in total. The van der Waals surface area contributed by atoms with Crippen molar-refractivity contribution in [1.29, 1.82) is 0 Å². The predicted octanol–water partition coefficient (Wildman–Crippen LogP) is 2.21. The highest BCUT2D eigenvalue weighted by Gasteiger charge is 2.14. The van der Waals surface area contributed by atoms with Crippen LogP contribution in [0.25, 0.3) is 0 Å². The molecule has 2 aromatic rings. The maximum Gasteiger partial charge on any atom is 0.255 e. The molecular weight excluding hydrogens is 326 g/mol. The fourth-order valence-electron chi connectivity index (χ4n) is 3.07. The smallest absolute Gasteiger partial charge is 0.255 e. The summed E-state index contributed by atoms with van der Waals surface area (Å²) in [5.74, 6) is 0.538. The van der Waals surface area contributed by atoms with E-state index in [1.165, 1.54) is 5.56 Å². The number of ether oxygens (including phenoxy) is 1. The molecule has 0 aromatic heterocycles. The maximum absolute atomic E-state index is 12.6. The molecule has 1 aliphatic rings. The molecule has 5 heteroatoms. The lowest BCUT2D eigenvalue weighted by Crippen LogP contribution is -2.46. The van der Waals surface area contributed by atoms with Crippen molar-refractivity contribution in [3.05, 3.63) is 65.2 Å². The Morgan fingerprint density at radius 2 is 1.85 bits per heavy atom. The Morgan fingerprint density at radius 3 is 2.65 bits per heavy atom. The highest BCUT2D eigenvalue weighted by Crippen LogP contribution is 2.20. The van der Waals surface area contributed by atoms with Gasteiger partial charge in [0.2, 0.25) is 0 Å². The molecule has 1 fully saturated rings. The van der Waals surface area contributed by atoms with E-state index in [-0.39, 0.29) is 5.91 Å². The van der Waals surface area contributed by atoms with Gasteiger partial charge in [-0.05, 0) is 30.2 Å². The van der Waals surface area contributed by atoms with E-state index in [1.807, 2.05) is 42.5 Å². The third-order valence-corrected chi connectivity index (χ3v) is 4.70. The first-order valence-electron chi connectivity index (χ1n) is 9.21. The van der Waals surface area contributed by atoms with Crippen LogP contribution in [-0.4, -0.2) is 50.1 Å². The molecule has 1 amide bonds. The Bertz CT molecular complexity index is 727. The van der Waals surface area contributed by atoms with Crippen molar-refractivity contribution in [1.82, 2.24) is 15.5 Å². The second-order valence-electron chi connectivity index (χ2n) is 6.56. The number of benzene rings is 2. The number of carbonyl (C=O) groups excluding carboxylic acids is 1. The predicted molar refractivity (Wildman–Crippen MR) is 104 cm³/mol. The normalized spacial score (nSPS) is 14.8. The molecule has 26 heavy (non-hydrogen) atoms. The molecule has 1 aliphatic heterocycles. The lowest BCUT2D eigenvalue weighted by molar-refractivity contribution is 0.0942. The molecular formula is C21H27N3O2. The van der Waals surface area contributed by atoms with Gasteiger partial charge in [-0.2, -0.15) is 0 Å². The number of para-hydroxylation sites is 1. The number of aryl methyl sites for hydroxylation is 1. The molecule has 0 spiro atoms. The third kappa shape index (κ3) is 5.07. The second kappa shape index (κ2) is 9.36. The topological polar surface area (TPSA) is 53.6 Å². The van der Waals surface area contributed by atoms with E-state index >= 15 is 0 Å². The van der Waals surface area contributed by atoms with Crippen LogP contribution in [0.15, 0.2) is 48.5 Å². The lowest BCUT2D eigenvalue weighted by Gasteiger charge is -2.27. The molecule has 2 N–H and O–H groups in total. The third-order valence-electron chi connectivity index (χ3n) is 4.70. The van der Waals surface area contributed by atoms with Crippen molar-refractivity contribution in [2.24, 2.45) is 0 Å². The Labute approximate surface area is 155 Å². The Balaban J connectivity index is 1.55. The number of piperazine rings is 1. The van der Waals surface area contributed by atoms with Crippen LogP contribution in [-0.2, 0) is 6.61 Å². The summed E-state index contributed by atoms with van der Waals surface area (Å²) in [6.45, 7) is 8.14. The average molecular weight is 353 g/mol. The van der Waals surface area contributed by atoms with Crippen LogP contribution in [0.4, 0.5) is 0 Å². The van der Waals surface area contributed by atoms with Crippen LogP contribution >= 0.6 is 0 Å². The first-order valence-corrected chi connectivity index (χ1v) is 9.21. The lowest BCUT2D eigenvalue weighted by atomic mass is 10.1. The van der Waals surface area contributed by atoms with Crippen molar-refractivity contribution in [2.75, 3.05) is 39.3 Å². The minimum absolute atomic E-state index is 0.0829. The van der Waals surface area contributed by atoms with Crippen molar-refractivity contribution in [2.45, 2.75) is 13.5 Å². The molecule has 2 aromatic carbocycles. The summed E-state index contributed by atoms with van der Waals surface area (Å²) in [6, 6.07) is 15.5. The summed E-state index contributed by atoms with van der Waals surface area (Å²) >= 11 is 0. The minimum Gasteiger partial charge on any atom is -0.488 e. The zero-order valence-electron chi connectivity index (χ0n) is 15.3. The minimum atomic E-state index is -0.0829. The molecule has 0 unspecified atom stereocenters. The number of hydrogen-bond acceptors (Lipinski definition) is 4. The van der Waals surface area contributed by atoms with Crippen LogP contribution < -0.4 is 15.4 Å². The number of rotatable bonds is 7. The first-order chi connectivity index (χ1) is 12.7. The maximum atomic E-state index is 12.6. The van der Waals surface area contributed by atoms with E-state index in [4.69, 9.17) is 4.74 Å². The molecule has 138 valence electrons. The number of amides is 1. The molecule has 0 saturated carbocycles. The van der Waals surface area contributed by atoms with Crippen molar-refractivity contribution in [3.8, 4) is 5.75 Å². The van der Waals surface area contributed by atoms with Gasteiger partial charge in [-0.3, -0.25) is 9.69 Å². The summed E-state index contributed by atoms with van der Waals surface area (Å²) in [6.07, 6.45) is 0. The van der Waals surface area contributed by atoms with Gasteiger partial charge in [0.05, 0.1) is 5.56 Å². The summed E-state index contributed by atoms with van der Waals surface area (Å²) in [5.41, 5.74) is 2.90. The van der Waals surface area contributed by atoms with Crippen LogP contribution in [0.5, 0.6) is 5.75 Å². The summed E-state index contributed by atoms with van der Waals surface area (Å²) in [5, 5.41) is 6.35. The van der Waals surface area contributed by atoms with E-state index in [2.05, 4.69) is 28.5 Å². The SMILES string of the molecule is Cc1ccccc1COc1ccccc1C(=O)NCCN1CCNCC1. The summed E-state index contributed by atoms with van der Waals surface area (Å²) < 4.78 is 5.94. The molecule has 1 saturated heterocycles. The molecule has 0 bridgehead atoms. The second-order valence-corrected chi connectivity index (χ2v) is 6.56. The van der Waals surface area contributed by atoms with E-state index in [1.54, 1.807) is 0 Å². The molecule has 1 heterocycles. The summed E-state index contributed by atoms with van der Waals surface area (Å²) in [7, 11) is 0. The van der Waals surface area contributed by atoms with Gasteiger partial charge < -0.3 is 15.4 Å². The highest BCUT2D eigenvalue weighted by molar-refractivity contribution is 5.96. The Hall–Kier alpha value is -2.37. The van der Waals surface area contributed by atoms with Gasteiger partial charge in [-0.15, -0.1) is 0 Å². The zero-order valence-corrected chi connectivity index (χ0v) is 15.3. The number of nitrogens with one attached hydrogen (secondary N) is 2. The van der Waals surface area contributed by atoms with Gasteiger partial charge in [-0.1, -0.05) is 36.4 Å². The van der Waals surface area contributed by atoms with E-state index in [0.29, 0.717) is 24.5 Å². The largest absolute Gasteiger partial charge is 0.488 e. The number of nitrogens with zero attached hydrogens (tertiary/aromatic N) is 1. The van der Waals surface area contributed by atoms with Crippen LogP contribution in [0.3, 0.4) is 0 Å².